The predicted octanol–water partition coefficient (Wildman–Crippen LogP) is 3.56. The maximum atomic E-state index is 10.8. The zero-order valence-corrected chi connectivity index (χ0v) is 19.5. The Bertz CT molecular complexity index is 1290. The lowest BCUT2D eigenvalue weighted by Gasteiger charge is -2.13. The zero-order chi connectivity index (χ0) is 24.1. The van der Waals surface area contributed by atoms with Crippen molar-refractivity contribution in [3.05, 3.63) is 54.6 Å². The monoisotopic (exact) mass is 460 g/mol. The van der Waals surface area contributed by atoms with E-state index in [-0.39, 0.29) is 6.54 Å². The van der Waals surface area contributed by atoms with E-state index in [1.165, 1.54) is 0 Å². The molecule has 0 spiro atoms. The summed E-state index contributed by atoms with van der Waals surface area (Å²) in [6.45, 7) is 5.65. The first kappa shape index (κ1) is 23.2. The lowest BCUT2D eigenvalue weighted by molar-refractivity contribution is -0.137. The summed E-state index contributed by atoms with van der Waals surface area (Å²) in [5.74, 6) is 0.857. The number of likely N-dealkylation sites (N-methyl/N-ethyl adjacent to an activating group) is 1. The van der Waals surface area contributed by atoms with Gasteiger partial charge in [-0.2, -0.15) is 10.2 Å². The van der Waals surface area contributed by atoms with Gasteiger partial charge in [0.1, 0.15) is 5.82 Å². The maximum Gasteiger partial charge on any atom is 0.317 e. The van der Waals surface area contributed by atoms with Crippen molar-refractivity contribution in [1.29, 1.82) is 0 Å². The fraction of sp³-hybridized carbons (Fsp3) is 0.333. The lowest BCUT2D eigenvalue weighted by atomic mass is 10.1. The fourth-order valence-electron chi connectivity index (χ4n) is 3.57. The molecule has 4 aromatic rings. The molecule has 0 bridgehead atoms. The maximum absolute atomic E-state index is 10.8. The minimum absolute atomic E-state index is 0.0344. The Morgan fingerprint density at radius 1 is 1.12 bits per heavy atom. The third-order valence-corrected chi connectivity index (χ3v) is 5.43. The van der Waals surface area contributed by atoms with E-state index < -0.39 is 5.97 Å². The third kappa shape index (κ3) is 5.90. The molecule has 0 radical (unpaired) electrons. The highest BCUT2D eigenvalue weighted by atomic mass is 16.4. The molecule has 0 fully saturated rings. The number of aliphatic carboxylic acids is 1. The van der Waals surface area contributed by atoms with Gasteiger partial charge in [-0.1, -0.05) is 13.8 Å². The number of nitrogens with one attached hydrogen (secondary N) is 1. The molecule has 4 aromatic heterocycles. The van der Waals surface area contributed by atoms with Crippen LogP contribution < -0.4 is 5.32 Å². The molecule has 0 aliphatic rings. The molecule has 0 aromatic carbocycles. The largest absolute Gasteiger partial charge is 0.480 e. The first-order valence-corrected chi connectivity index (χ1v) is 11.2. The van der Waals surface area contributed by atoms with Gasteiger partial charge in [-0.25, -0.2) is 4.98 Å². The van der Waals surface area contributed by atoms with E-state index in [1.54, 1.807) is 24.3 Å². The Balaban J connectivity index is 1.46. The summed E-state index contributed by atoms with van der Waals surface area (Å²) >= 11 is 0. The van der Waals surface area contributed by atoms with Gasteiger partial charge < -0.3 is 10.4 Å². The quantitative estimate of drug-likeness (QED) is 0.366. The van der Waals surface area contributed by atoms with Gasteiger partial charge in [-0.3, -0.25) is 19.4 Å². The van der Waals surface area contributed by atoms with Crippen LogP contribution in [0.5, 0.6) is 0 Å². The molecule has 34 heavy (non-hydrogen) atoms. The molecule has 0 amide bonds. The van der Waals surface area contributed by atoms with E-state index in [0.29, 0.717) is 30.6 Å². The molecule has 10 heteroatoms. The van der Waals surface area contributed by atoms with Gasteiger partial charge in [0, 0.05) is 36.6 Å². The van der Waals surface area contributed by atoms with Crippen molar-refractivity contribution in [3.8, 4) is 11.1 Å². The molecule has 4 rings (SSSR count). The van der Waals surface area contributed by atoms with Crippen LogP contribution in [-0.2, 0) is 11.3 Å². The number of pyridine rings is 2. The number of aromatic nitrogens is 6. The van der Waals surface area contributed by atoms with Gasteiger partial charge in [0.2, 0.25) is 0 Å². The number of nitrogens with zero attached hydrogens (tertiary/aromatic N) is 7. The molecule has 4 heterocycles. The number of aryl methyl sites for hydroxylation is 1. The van der Waals surface area contributed by atoms with Crippen LogP contribution in [-0.4, -0.2) is 66.1 Å². The number of hydrogen-bond acceptors (Lipinski definition) is 8. The topological polar surface area (TPSA) is 122 Å². The van der Waals surface area contributed by atoms with E-state index in [2.05, 4.69) is 39.4 Å². The molecule has 0 aliphatic carbocycles. The van der Waals surface area contributed by atoms with Crippen molar-refractivity contribution in [2.24, 2.45) is 0 Å². The minimum Gasteiger partial charge on any atom is -0.480 e. The van der Waals surface area contributed by atoms with Gasteiger partial charge in [-0.15, -0.1) is 5.10 Å². The number of anilines is 2. The highest BCUT2D eigenvalue weighted by molar-refractivity contribution is 5.81. The number of carboxylic acid groups (broad SMARTS) is 1. The van der Waals surface area contributed by atoms with Crippen molar-refractivity contribution in [2.75, 3.05) is 25.5 Å². The summed E-state index contributed by atoms with van der Waals surface area (Å²) < 4.78 is 1.86. The highest BCUT2D eigenvalue weighted by Crippen LogP contribution is 2.24. The second-order valence-corrected chi connectivity index (χ2v) is 8.59. The number of rotatable bonds is 10. The first-order chi connectivity index (χ1) is 16.4. The Kier molecular flexibility index (Phi) is 7.07. The molecule has 2 N–H and O–H groups in total. The van der Waals surface area contributed by atoms with Crippen molar-refractivity contribution in [2.45, 2.75) is 32.7 Å². The highest BCUT2D eigenvalue weighted by Gasteiger charge is 2.09. The average molecular weight is 461 g/mol. The Labute approximate surface area is 197 Å². The number of hydrogen-bond donors (Lipinski definition) is 2. The molecular formula is C24H28N8O2. The molecule has 0 saturated carbocycles. The Morgan fingerprint density at radius 2 is 1.97 bits per heavy atom. The second kappa shape index (κ2) is 10.3. The van der Waals surface area contributed by atoms with Crippen LogP contribution in [0.1, 0.15) is 31.7 Å². The van der Waals surface area contributed by atoms with Crippen LogP contribution in [0, 0.1) is 0 Å². The van der Waals surface area contributed by atoms with Gasteiger partial charge in [0.25, 0.3) is 0 Å². The lowest BCUT2D eigenvalue weighted by Crippen LogP contribution is -2.27. The average Bonchev–Trinajstić information content (AvgIpc) is 3.27. The molecular weight excluding hydrogens is 432 g/mol. The smallest absolute Gasteiger partial charge is 0.317 e. The van der Waals surface area contributed by atoms with E-state index in [1.807, 2.05) is 41.3 Å². The summed E-state index contributed by atoms with van der Waals surface area (Å²) in [7, 11) is 1.80. The van der Waals surface area contributed by atoms with Crippen LogP contribution in [0.3, 0.4) is 0 Å². The van der Waals surface area contributed by atoms with E-state index in [4.69, 9.17) is 10.1 Å². The van der Waals surface area contributed by atoms with Crippen LogP contribution in [0.25, 0.3) is 22.2 Å². The molecule has 0 unspecified atom stereocenters. The third-order valence-electron chi connectivity index (χ3n) is 5.43. The van der Waals surface area contributed by atoms with Crippen molar-refractivity contribution < 1.29 is 9.90 Å². The van der Waals surface area contributed by atoms with Gasteiger partial charge in [0.05, 0.1) is 30.0 Å². The second-order valence-electron chi connectivity index (χ2n) is 8.59. The summed E-state index contributed by atoms with van der Waals surface area (Å²) in [4.78, 5) is 21.8. The molecule has 0 atom stereocenters. The van der Waals surface area contributed by atoms with Gasteiger partial charge in [0.15, 0.2) is 5.82 Å². The number of carboxylic acids is 1. The fourth-order valence-corrected chi connectivity index (χ4v) is 3.57. The van der Waals surface area contributed by atoms with Crippen molar-refractivity contribution in [3.63, 3.8) is 0 Å². The van der Waals surface area contributed by atoms with Crippen LogP contribution in [0.2, 0.25) is 0 Å². The van der Waals surface area contributed by atoms with Crippen molar-refractivity contribution in [1.82, 2.24) is 34.8 Å². The zero-order valence-electron chi connectivity index (χ0n) is 19.5. The van der Waals surface area contributed by atoms with Gasteiger partial charge in [-0.05, 0) is 49.2 Å². The summed E-state index contributed by atoms with van der Waals surface area (Å²) in [5.41, 5.74) is 4.54. The predicted molar refractivity (Wildman–Crippen MR) is 130 cm³/mol. The van der Waals surface area contributed by atoms with E-state index >= 15 is 0 Å². The normalized spacial score (nSPS) is 11.4. The van der Waals surface area contributed by atoms with Crippen LogP contribution in [0.15, 0.2) is 49.1 Å². The summed E-state index contributed by atoms with van der Waals surface area (Å²) in [5, 5.41) is 24.7. The Hall–Kier alpha value is -3.92. The summed E-state index contributed by atoms with van der Waals surface area (Å²) in [6, 6.07) is 7.77. The number of carbonyl (C=O) groups is 1. The molecule has 0 aliphatic heterocycles. The van der Waals surface area contributed by atoms with E-state index in [0.717, 1.165) is 34.1 Å². The Morgan fingerprint density at radius 3 is 2.76 bits per heavy atom. The SMILES string of the molecule is CC(C)c1cnnc(Nc2ccc3ncc(-c4cnn(CCCN(C)CC(=O)O)c4)cc3n2)c1. The van der Waals surface area contributed by atoms with Gasteiger partial charge >= 0.3 is 5.97 Å². The van der Waals surface area contributed by atoms with Crippen LogP contribution in [0.4, 0.5) is 11.6 Å². The molecule has 176 valence electrons. The van der Waals surface area contributed by atoms with Crippen molar-refractivity contribution >= 4 is 28.6 Å². The standard InChI is InChI=1S/C24H28N8O2/c1-16(2)17-10-23(30-26-12-17)29-22-6-5-20-21(28-22)9-18(11-25-20)19-13-27-32(14-19)8-4-7-31(3)15-24(33)34/h5-6,9-14,16H,4,7-8,15H2,1-3H3,(H,33,34)(H,28,29,30). The van der Waals surface area contributed by atoms with E-state index in [9.17, 15) is 4.79 Å². The number of fused-ring (bicyclic) bond motifs is 1. The van der Waals surface area contributed by atoms with Crippen LogP contribution >= 0.6 is 0 Å². The summed E-state index contributed by atoms with van der Waals surface area (Å²) in [6.07, 6.45) is 8.16. The first-order valence-electron chi connectivity index (χ1n) is 11.2. The molecule has 0 saturated heterocycles. The minimum atomic E-state index is -0.823. The molecule has 10 nitrogen and oxygen atoms in total.